The molecule has 0 aromatic heterocycles. The van der Waals surface area contributed by atoms with Crippen LogP contribution in [0.4, 0.5) is 4.39 Å². The Kier molecular flexibility index (Phi) is 4.86. The van der Waals surface area contributed by atoms with Crippen LogP contribution in [0.3, 0.4) is 0 Å². The molecule has 1 aromatic rings. The van der Waals surface area contributed by atoms with Crippen LogP contribution in [0.5, 0.6) is 0 Å². The summed E-state index contributed by atoms with van der Waals surface area (Å²) in [6, 6.07) is 5.38. The van der Waals surface area contributed by atoms with E-state index in [2.05, 4.69) is 0 Å². The maximum absolute atomic E-state index is 13.7. The molecule has 1 aliphatic carbocycles. The van der Waals surface area contributed by atoms with E-state index in [4.69, 9.17) is 5.73 Å². The van der Waals surface area contributed by atoms with Gasteiger partial charge in [0, 0.05) is 15.7 Å². The van der Waals surface area contributed by atoms with E-state index in [1.165, 1.54) is 38.2 Å². The summed E-state index contributed by atoms with van der Waals surface area (Å²) in [5, 5.41) is 0.669. The van der Waals surface area contributed by atoms with Crippen LogP contribution in [0.15, 0.2) is 23.1 Å². The maximum Gasteiger partial charge on any atom is 0.127 e. The van der Waals surface area contributed by atoms with Gasteiger partial charge in [-0.25, -0.2) is 4.39 Å². The fraction of sp³-hybridized carbons (Fsp3) is 0.571. The van der Waals surface area contributed by atoms with Gasteiger partial charge in [0.25, 0.3) is 0 Å². The number of rotatable bonds is 4. The first-order valence-electron chi connectivity index (χ1n) is 6.45. The molecule has 1 nitrogen and oxygen atoms in total. The first kappa shape index (κ1) is 12.9. The third-order valence-corrected chi connectivity index (χ3v) is 4.76. The highest BCUT2D eigenvalue weighted by Gasteiger charge is 2.17. The van der Waals surface area contributed by atoms with Crippen LogP contribution in [-0.4, -0.2) is 11.8 Å². The largest absolute Gasteiger partial charge is 0.330 e. The monoisotopic (exact) mass is 253 g/mol. The zero-order valence-electron chi connectivity index (χ0n) is 10.1. The summed E-state index contributed by atoms with van der Waals surface area (Å²) >= 11 is 1.85. The number of hydrogen-bond acceptors (Lipinski definition) is 2. The molecule has 0 spiro atoms. The van der Waals surface area contributed by atoms with Crippen LogP contribution in [0.1, 0.15) is 37.7 Å². The second kappa shape index (κ2) is 6.41. The van der Waals surface area contributed by atoms with Crippen LogP contribution in [-0.2, 0) is 6.42 Å². The van der Waals surface area contributed by atoms with Crippen molar-refractivity contribution in [2.45, 2.75) is 48.7 Å². The van der Waals surface area contributed by atoms with Crippen molar-refractivity contribution in [3.8, 4) is 0 Å². The molecule has 0 aliphatic heterocycles. The van der Waals surface area contributed by atoms with Crippen molar-refractivity contribution in [2.75, 3.05) is 6.54 Å². The zero-order chi connectivity index (χ0) is 12.1. The van der Waals surface area contributed by atoms with E-state index >= 15 is 0 Å². The van der Waals surface area contributed by atoms with Crippen molar-refractivity contribution in [3.05, 3.63) is 29.6 Å². The number of nitrogens with two attached hydrogens (primary N) is 1. The molecular formula is C14H20FNS. The van der Waals surface area contributed by atoms with Crippen molar-refractivity contribution in [1.82, 2.24) is 0 Å². The van der Waals surface area contributed by atoms with Gasteiger partial charge in [-0.05, 0) is 37.9 Å². The van der Waals surface area contributed by atoms with Gasteiger partial charge < -0.3 is 5.73 Å². The fourth-order valence-corrected chi connectivity index (χ4v) is 3.83. The predicted octanol–water partition coefficient (Wildman–Crippen LogP) is 3.75. The first-order valence-corrected chi connectivity index (χ1v) is 7.33. The van der Waals surface area contributed by atoms with Crippen LogP contribution in [0, 0.1) is 5.82 Å². The van der Waals surface area contributed by atoms with Gasteiger partial charge in [-0.2, -0.15) is 0 Å². The number of halogens is 1. The van der Waals surface area contributed by atoms with Crippen molar-refractivity contribution in [3.63, 3.8) is 0 Å². The molecule has 2 rings (SSSR count). The maximum atomic E-state index is 13.7. The van der Waals surface area contributed by atoms with Gasteiger partial charge in [-0.1, -0.05) is 25.3 Å². The molecule has 1 fully saturated rings. The number of thioether (sulfide) groups is 1. The van der Waals surface area contributed by atoms with Gasteiger partial charge in [0.15, 0.2) is 0 Å². The number of hydrogen-bond donors (Lipinski definition) is 1. The van der Waals surface area contributed by atoms with E-state index in [9.17, 15) is 4.39 Å². The van der Waals surface area contributed by atoms with Crippen LogP contribution < -0.4 is 5.73 Å². The third kappa shape index (κ3) is 3.46. The molecule has 0 amide bonds. The molecule has 1 aromatic carbocycles. The summed E-state index contributed by atoms with van der Waals surface area (Å²) in [5.74, 6) is -0.101. The second-order valence-corrected chi connectivity index (χ2v) is 5.98. The quantitative estimate of drug-likeness (QED) is 0.884. The Morgan fingerprint density at radius 3 is 2.71 bits per heavy atom. The zero-order valence-corrected chi connectivity index (χ0v) is 10.9. The normalized spacial score (nSPS) is 17.3. The summed E-state index contributed by atoms with van der Waals surface area (Å²) in [5.41, 5.74) is 6.37. The van der Waals surface area contributed by atoms with Crippen molar-refractivity contribution in [2.24, 2.45) is 5.73 Å². The van der Waals surface area contributed by atoms with E-state index in [0.717, 1.165) is 10.5 Å². The lowest BCUT2D eigenvalue weighted by atomic mass is 10.0. The molecule has 0 radical (unpaired) electrons. The Morgan fingerprint density at radius 1 is 1.24 bits per heavy atom. The molecule has 0 unspecified atom stereocenters. The molecule has 0 bridgehead atoms. The molecule has 1 aliphatic rings. The minimum absolute atomic E-state index is 0.101. The van der Waals surface area contributed by atoms with E-state index < -0.39 is 0 Å². The summed E-state index contributed by atoms with van der Waals surface area (Å²) < 4.78 is 13.7. The standard InChI is InChI=1S/C14H20FNS/c15-13-7-4-8-14(12(13)9-10-16)17-11-5-2-1-3-6-11/h4,7-8,11H,1-3,5-6,9-10,16H2. The first-order chi connectivity index (χ1) is 8.31. The fourth-order valence-electron chi connectivity index (χ4n) is 2.40. The molecule has 17 heavy (non-hydrogen) atoms. The highest BCUT2D eigenvalue weighted by Crippen LogP contribution is 2.35. The Bertz CT molecular complexity index is 361. The lowest BCUT2D eigenvalue weighted by Crippen LogP contribution is -2.10. The van der Waals surface area contributed by atoms with Gasteiger partial charge >= 0.3 is 0 Å². The van der Waals surface area contributed by atoms with E-state index in [-0.39, 0.29) is 5.82 Å². The molecule has 0 heterocycles. The predicted molar refractivity (Wildman–Crippen MR) is 71.9 cm³/mol. The highest BCUT2D eigenvalue weighted by atomic mass is 32.2. The van der Waals surface area contributed by atoms with Gasteiger partial charge in [-0.3, -0.25) is 0 Å². The van der Waals surface area contributed by atoms with Crippen molar-refractivity contribution in [1.29, 1.82) is 0 Å². The second-order valence-electron chi connectivity index (χ2n) is 4.63. The Morgan fingerprint density at radius 2 is 2.00 bits per heavy atom. The molecular weight excluding hydrogens is 233 g/mol. The van der Waals surface area contributed by atoms with Gasteiger partial charge in [0.05, 0.1) is 0 Å². The van der Waals surface area contributed by atoms with Crippen LogP contribution >= 0.6 is 11.8 Å². The lowest BCUT2D eigenvalue weighted by molar-refractivity contribution is 0.515. The Labute approximate surface area is 107 Å². The summed E-state index contributed by atoms with van der Waals surface area (Å²) in [6.45, 7) is 0.513. The average molecular weight is 253 g/mol. The lowest BCUT2D eigenvalue weighted by Gasteiger charge is -2.22. The van der Waals surface area contributed by atoms with Crippen LogP contribution in [0.2, 0.25) is 0 Å². The van der Waals surface area contributed by atoms with Crippen LogP contribution in [0.25, 0.3) is 0 Å². The molecule has 94 valence electrons. The summed E-state index contributed by atoms with van der Waals surface area (Å²) in [7, 11) is 0. The van der Waals surface area contributed by atoms with Gasteiger partial charge in [0.1, 0.15) is 5.82 Å². The molecule has 0 saturated heterocycles. The van der Waals surface area contributed by atoms with E-state index in [0.29, 0.717) is 18.2 Å². The topological polar surface area (TPSA) is 26.0 Å². The SMILES string of the molecule is NCCc1c(F)cccc1SC1CCCCC1. The average Bonchev–Trinajstić information content (AvgIpc) is 2.35. The van der Waals surface area contributed by atoms with Gasteiger partial charge in [0.2, 0.25) is 0 Å². The Hall–Kier alpha value is -0.540. The van der Waals surface area contributed by atoms with Crippen molar-refractivity contribution >= 4 is 11.8 Å². The van der Waals surface area contributed by atoms with Gasteiger partial charge in [-0.15, -0.1) is 11.8 Å². The van der Waals surface area contributed by atoms with E-state index in [1.807, 2.05) is 17.8 Å². The minimum atomic E-state index is -0.101. The molecule has 1 saturated carbocycles. The highest BCUT2D eigenvalue weighted by molar-refractivity contribution is 8.00. The number of benzene rings is 1. The molecule has 2 N–H and O–H groups in total. The minimum Gasteiger partial charge on any atom is -0.330 e. The Balaban J connectivity index is 2.10. The third-order valence-electron chi connectivity index (χ3n) is 3.32. The smallest absolute Gasteiger partial charge is 0.127 e. The van der Waals surface area contributed by atoms with E-state index in [1.54, 1.807) is 6.07 Å². The summed E-state index contributed by atoms with van der Waals surface area (Å²) in [4.78, 5) is 1.10. The summed E-state index contributed by atoms with van der Waals surface area (Å²) in [6.07, 6.45) is 7.17. The molecule has 0 atom stereocenters. The van der Waals surface area contributed by atoms with Crippen molar-refractivity contribution < 1.29 is 4.39 Å². The molecule has 3 heteroatoms.